The van der Waals surface area contributed by atoms with E-state index in [0.717, 1.165) is 25.1 Å². The summed E-state index contributed by atoms with van der Waals surface area (Å²) < 4.78 is 7.28. The molecule has 0 fully saturated rings. The summed E-state index contributed by atoms with van der Waals surface area (Å²) >= 11 is 0. The quantitative estimate of drug-likeness (QED) is 0.795. The van der Waals surface area contributed by atoms with E-state index in [4.69, 9.17) is 10.5 Å². The van der Waals surface area contributed by atoms with Crippen molar-refractivity contribution in [3.63, 3.8) is 0 Å². The van der Waals surface area contributed by atoms with Gasteiger partial charge in [0.1, 0.15) is 0 Å². The van der Waals surface area contributed by atoms with Gasteiger partial charge in [0.15, 0.2) is 0 Å². The maximum absolute atomic E-state index is 6.22. The SMILES string of the molecule is COCCC(C)n1cncc1C(N)CC(C)C. The van der Waals surface area contributed by atoms with Gasteiger partial charge in [-0.1, -0.05) is 13.8 Å². The van der Waals surface area contributed by atoms with Crippen molar-refractivity contribution in [2.45, 2.75) is 45.7 Å². The Kier molecular flexibility index (Phi) is 5.65. The van der Waals surface area contributed by atoms with Crippen molar-refractivity contribution in [1.29, 1.82) is 0 Å². The predicted molar refractivity (Wildman–Crippen MR) is 69.8 cm³/mol. The molecular weight excluding hydrogens is 214 g/mol. The number of ether oxygens (including phenoxy) is 1. The first-order chi connectivity index (χ1) is 8.06. The van der Waals surface area contributed by atoms with E-state index in [1.54, 1.807) is 7.11 Å². The molecule has 4 heteroatoms. The highest BCUT2D eigenvalue weighted by molar-refractivity contribution is 5.06. The molecule has 0 aromatic carbocycles. The summed E-state index contributed by atoms with van der Waals surface area (Å²) in [5.41, 5.74) is 7.34. The lowest BCUT2D eigenvalue weighted by Crippen LogP contribution is -2.19. The topological polar surface area (TPSA) is 53.1 Å². The number of nitrogens with two attached hydrogens (primary N) is 1. The number of hydrogen-bond acceptors (Lipinski definition) is 3. The molecule has 2 N–H and O–H groups in total. The Balaban J connectivity index is 2.70. The van der Waals surface area contributed by atoms with Crippen molar-refractivity contribution in [2.75, 3.05) is 13.7 Å². The molecule has 1 rings (SSSR count). The standard InChI is InChI=1S/C13H25N3O/c1-10(2)7-12(14)13-8-15-9-16(13)11(3)5-6-17-4/h8-12H,5-7,14H2,1-4H3. The fraction of sp³-hybridized carbons (Fsp3) is 0.769. The van der Waals surface area contributed by atoms with Gasteiger partial charge in [0.2, 0.25) is 0 Å². The number of hydrogen-bond donors (Lipinski definition) is 1. The van der Waals surface area contributed by atoms with Crippen molar-refractivity contribution < 1.29 is 4.74 Å². The molecule has 0 bridgehead atoms. The minimum Gasteiger partial charge on any atom is -0.385 e. The van der Waals surface area contributed by atoms with E-state index in [2.05, 4.69) is 30.3 Å². The third-order valence-corrected chi connectivity index (χ3v) is 3.02. The normalized spacial score (nSPS) is 15.2. The average molecular weight is 239 g/mol. The van der Waals surface area contributed by atoms with Crippen molar-refractivity contribution >= 4 is 0 Å². The fourth-order valence-corrected chi connectivity index (χ4v) is 2.03. The third-order valence-electron chi connectivity index (χ3n) is 3.02. The smallest absolute Gasteiger partial charge is 0.0951 e. The van der Waals surface area contributed by atoms with Gasteiger partial charge in [0.25, 0.3) is 0 Å². The van der Waals surface area contributed by atoms with Gasteiger partial charge in [-0.15, -0.1) is 0 Å². The first-order valence-corrected chi connectivity index (χ1v) is 6.32. The van der Waals surface area contributed by atoms with Gasteiger partial charge < -0.3 is 15.0 Å². The van der Waals surface area contributed by atoms with Crippen LogP contribution in [0.3, 0.4) is 0 Å². The summed E-state index contributed by atoms with van der Waals surface area (Å²) in [4.78, 5) is 4.22. The minimum atomic E-state index is 0.0718. The molecule has 1 heterocycles. The summed E-state index contributed by atoms with van der Waals surface area (Å²) in [6.07, 6.45) is 5.73. The van der Waals surface area contributed by atoms with E-state index in [9.17, 15) is 0 Å². The van der Waals surface area contributed by atoms with Gasteiger partial charge in [-0.3, -0.25) is 0 Å². The molecule has 0 amide bonds. The molecule has 0 saturated carbocycles. The Morgan fingerprint density at radius 2 is 2.12 bits per heavy atom. The zero-order chi connectivity index (χ0) is 12.8. The zero-order valence-electron chi connectivity index (χ0n) is 11.4. The van der Waals surface area contributed by atoms with Crippen molar-refractivity contribution in [3.8, 4) is 0 Å². The van der Waals surface area contributed by atoms with Crippen molar-refractivity contribution in [3.05, 3.63) is 18.2 Å². The molecule has 2 atom stereocenters. The van der Waals surface area contributed by atoms with Crippen LogP contribution in [-0.4, -0.2) is 23.3 Å². The van der Waals surface area contributed by atoms with E-state index in [1.165, 1.54) is 0 Å². The van der Waals surface area contributed by atoms with Crippen LogP contribution in [0.5, 0.6) is 0 Å². The molecule has 4 nitrogen and oxygen atoms in total. The van der Waals surface area contributed by atoms with Crippen LogP contribution in [0.25, 0.3) is 0 Å². The molecule has 0 aliphatic carbocycles. The molecule has 1 aromatic heterocycles. The number of methoxy groups -OCH3 is 1. The molecule has 1 aromatic rings. The van der Waals surface area contributed by atoms with Crippen LogP contribution >= 0.6 is 0 Å². The number of imidazole rings is 1. The van der Waals surface area contributed by atoms with Gasteiger partial charge in [0, 0.05) is 32.0 Å². The molecule has 98 valence electrons. The Hall–Kier alpha value is -0.870. The molecule has 17 heavy (non-hydrogen) atoms. The minimum absolute atomic E-state index is 0.0718. The lowest BCUT2D eigenvalue weighted by molar-refractivity contribution is 0.180. The van der Waals surface area contributed by atoms with Gasteiger partial charge in [-0.05, 0) is 25.7 Å². The Morgan fingerprint density at radius 1 is 1.41 bits per heavy atom. The van der Waals surface area contributed by atoms with Gasteiger partial charge in [-0.25, -0.2) is 4.98 Å². The second kappa shape index (κ2) is 6.77. The van der Waals surface area contributed by atoms with E-state index in [-0.39, 0.29) is 6.04 Å². The number of nitrogens with zero attached hydrogens (tertiary/aromatic N) is 2. The summed E-state index contributed by atoms with van der Waals surface area (Å²) in [5, 5.41) is 0. The monoisotopic (exact) mass is 239 g/mol. The molecule has 0 radical (unpaired) electrons. The zero-order valence-corrected chi connectivity index (χ0v) is 11.4. The third kappa shape index (κ3) is 4.13. The molecule has 0 spiro atoms. The second-order valence-corrected chi connectivity index (χ2v) is 5.09. The van der Waals surface area contributed by atoms with Gasteiger partial charge in [0.05, 0.1) is 12.0 Å². The predicted octanol–water partition coefficient (Wildman–Crippen LogP) is 2.53. The Labute approximate surface area is 104 Å². The van der Waals surface area contributed by atoms with E-state index >= 15 is 0 Å². The highest BCUT2D eigenvalue weighted by Gasteiger charge is 2.16. The van der Waals surface area contributed by atoms with Crippen LogP contribution in [0.1, 0.15) is 51.4 Å². The first kappa shape index (κ1) is 14.2. The number of rotatable bonds is 7. The molecule has 0 saturated heterocycles. The maximum Gasteiger partial charge on any atom is 0.0951 e. The van der Waals surface area contributed by atoms with Crippen molar-refractivity contribution in [2.24, 2.45) is 11.7 Å². The molecule has 0 aliphatic rings. The highest BCUT2D eigenvalue weighted by Crippen LogP contribution is 2.22. The van der Waals surface area contributed by atoms with Crippen LogP contribution < -0.4 is 5.73 Å². The van der Waals surface area contributed by atoms with Crippen LogP contribution in [0.2, 0.25) is 0 Å². The molecule has 2 unspecified atom stereocenters. The van der Waals surface area contributed by atoms with E-state index in [1.807, 2.05) is 12.5 Å². The van der Waals surface area contributed by atoms with E-state index < -0.39 is 0 Å². The second-order valence-electron chi connectivity index (χ2n) is 5.09. The maximum atomic E-state index is 6.22. The summed E-state index contributed by atoms with van der Waals surface area (Å²) in [7, 11) is 1.73. The van der Waals surface area contributed by atoms with Crippen LogP contribution in [0, 0.1) is 5.92 Å². The highest BCUT2D eigenvalue weighted by atomic mass is 16.5. The fourth-order valence-electron chi connectivity index (χ4n) is 2.03. The van der Waals surface area contributed by atoms with Crippen LogP contribution in [0.15, 0.2) is 12.5 Å². The lowest BCUT2D eigenvalue weighted by Gasteiger charge is -2.20. The van der Waals surface area contributed by atoms with E-state index in [0.29, 0.717) is 12.0 Å². The van der Waals surface area contributed by atoms with Crippen molar-refractivity contribution in [1.82, 2.24) is 9.55 Å². The molecule has 0 aliphatic heterocycles. The van der Waals surface area contributed by atoms with Crippen LogP contribution in [0.4, 0.5) is 0 Å². The Bertz CT molecular complexity index is 322. The lowest BCUT2D eigenvalue weighted by atomic mass is 10.0. The van der Waals surface area contributed by atoms with Gasteiger partial charge in [-0.2, -0.15) is 0 Å². The van der Waals surface area contributed by atoms with Gasteiger partial charge >= 0.3 is 0 Å². The Morgan fingerprint density at radius 3 is 2.71 bits per heavy atom. The molecular formula is C13H25N3O. The number of aromatic nitrogens is 2. The average Bonchev–Trinajstić information content (AvgIpc) is 2.73. The first-order valence-electron chi connectivity index (χ1n) is 6.32. The largest absolute Gasteiger partial charge is 0.385 e. The summed E-state index contributed by atoms with van der Waals surface area (Å²) in [6.45, 7) is 7.31. The summed E-state index contributed by atoms with van der Waals surface area (Å²) in [5.74, 6) is 0.600. The summed E-state index contributed by atoms with van der Waals surface area (Å²) in [6, 6.07) is 0.452. The van der Waals surface area contributed by atoms with Crippen LogP contribution in [-0.2, 0) is 4.74 Å².